The number of nitrogen functional groups attached to an aromatic ring is 1. The minimum atomic E-state index is -0.606. The Hall–Kier alpha value is -2.83. The summed E-state index contributed by atoms with van der Waals surface area (Å²) < 4.78 is 19.4. The molecule has 0 saturated heterocycles. The Labute approximate surface area is 120 Å². The fraction of sp³-hybridized carbons (Fsp3) is 0.143. The first kappa shape index (κ1) is 14.6. The first-order chi connectivity index (χ1) is 10.0. The van der Waals surface area contributed by atoms with Crippen molar-refractivity contribution in [2.45, 2.75) is 6.54 Å². The normalized spacial score (nSPS) is 10.2. The summed E-state index contributed by atoms with van der Waals surface area (Å²) in [7, 11) is 1.23. The van der Waals surface area contributed by atoms with Crippen molar-refractivity contribution in [1.29, 1.82) is 0 Å². The molecule has 21 heavy (non-hydrogen) atoms. The number of rotatable bonds is 4. The van der Waals surface area contributed by atoms with Crippen LogP contribution in [0.1, 0.15) is 10.5 Å². The number of halogens is 1. The van der Waals surface area contributed by atoms with Gasteiger partial charge in [-0.15, -0.1) is 0 Å². The smallest absolute Gasteiger partial charge is 0.354 e. The summed E-state index contributed by atoms with van der Waals surface area (Å²) in [6, 6.07) is 7.21. The summed E-state index contributed by atoms with van der Waals surface area (Å²) in [5, 5.41) is 2.42. The van der Waals surface area contributed by atoms with E-state index >= 15 is 0 Å². The molecule has 0 aliphatic rings. The van der Waals surface area contributed by atoms with Crippen LogP contribution in [-0.2, 0) is 16.1 Å². The van der Waals surface area contributed by atoms with E-state index in [1.54, 1.807) is 6.07 Å². The SMILES string of the molecule is COC(=O)c1cc(N)cn1CC(=O)Nc1ccccc1F. The molecule has 2 aromatic rings. The maximum Gasteiger partial charge on any atom is 0.354 e. The Balaban J connectivity index is 2.13. The van der Waals surface area contributed by atoms with Crippen LogP contribution in [0.5, 0.6) is 0 Å². The molecule has 1 aromatic carbocycles. The summed E-state index contributed by atoms with van der Waals surface area (Å²) in [6.45, 7) is -0.185. The van der Waals surface area contributed by atoms with Crippen LogP contribution in [0, 0.1) is 5.82 Å². The van der Waals surface area contributed by atoms with E-state index in [1.807, 2.05) is 0 Å². The lowest BCUT2D eigenvalue weighted by molar-refractivity contribution is -0.116. The molecule has 0 aliphatic heterocycles. The number of ether oxygens (including phenoxy) is 1. The predicted molar refractivity (Wildman–Crippen MR) is 75.2 cm³/mol. The number of hydrogen-bond acceptors (Lipinski definition) is 4. The molecule has 7 heteroatoms. The lowest BCUT2D eigenvalue weighted by atomic mass is 10.3. The number of nitrogens with one attached hydrogen (secondary N) is 1. The topological polar surface area (TPSA) is 86.3 Å². The summed E-state index contributed by atoms with van der Waals surface area (Å²) in [5.41, 5.74) is 6.15. The molecule has 1 aromatic heterocycles. The number of nitrogens with zero attached hydrogens (tertiary/aromatic N) is 1. The van der Waals surface area contributed by atoms with Gasteiger partial charge in [0.1, 0.15) is 18.1 Å². The Bertz CT molecular complexity index is 682. The molecule has 0 aliphatic carbocycles. The maximum atomic E-state index is 13.4. The number of nitrogens with two attached hydrogens (primary N) is 1. The van der Waals surface area contributed by atoms with Crippen LogP contribution in [0.3, 0.4) is 0 Å². The van der Waals surface area contributed by atoms with Gasteiger partial charge < -0.3 is 20.4 Å². The summed E-state index contributed by atoms with van der Waals surface area (Å²) in [5.74, 6) is -1.63. The van der Waals surface area contributed by atoms with Crippen molar-refractivity contribution in [2.75, 3.05) is 18.2 Å². The highest BCUT2D eigenvalue weighted by Crippen LogP contribution is 2.14. The van der Waals surface area contributed by atoms with Crippen molar-refractivity contribution in [3.63, 3.8) is 0 Å². The fourth-order valence-electron chi connectivity index (χ4n) is 1.85. The number of para-hydroxylation sites is 1. The van der Waals surface area contributed by atoms with E-state index in [-0.39, 0.29) is 17.9 Å². The van der Waals surface area contributed by atoms with Gasteiger partial charge in [0, 0.05) is 6.20 Å². The second-order valence-electron chi connectivity index (χ2n) is 4.31. The molecule has 0 unspecified atom stereocenters. The molecule has 0 radical (unpaired) electrons. The fourth-order valence-corrected chi connectivity index (χ4v) is 1.85. The molecule has 0 spiro atoms. The monoisotopic (exact) mass is 291 g/mol. The number of methoxy groups -OCH3 is 1. The largest absolute Gasteiger partial charge is 0.464 e. The van der Waals surface area contributed by atoms with Gasteiger partial charge in [-0.1, -0.05) is 12.1 Å². The number of carbonyl (C=O) groups excluding carboxylic acids is 2. The van der Waals surface area contributed by atoms with Crippen LogP contribution < -0.4 is 11.1 Å². The number of amides is 1. The quantitative estimate of drug-likeness (QED) is 0.838. The minimum absolute atomic E-state index is 0.0715. The van der Waals surface area contributed by atoms with Crippen molar-refractivity contribution in [3.05, 3.63) is 48.0 Å². The van der Waals surface area contributed by atoms with E-state index in [9.17, 15) is 14.0 Å². The van der Waals surface area contributed by atoms with Crippen molar-refractivity contribution < 1.29 is 18.7 Å². The van der Waals surface area contributed by atoms with Gasteiger partial charge in [-0.3, -0.25) is 4.79 Å². The summed E-state index contributed by atoms with van der Waals surface area (Å²) in [6.07, 6.45) is 1.44. The number of aromatic nitrogens is 1. The van der Waals surface area contributed by atoms with Crippen LogP contribution in [0.25, 0.3) is 0 Å². The molecular weight excluding hydrogens is 277 g/mol. The van der Waals surface area contributed by atoms with Crippen LogP contribution >= 0.6 is 0 Å². The van der Waals surface area contributed by atoms with Gasteiger partial charge in [-0.2, -0.15) is 0 Å². The van der Waals surface area contributed by atoms with E-state index in [0.717, 1.165) is 0 Å². The van der Waals surface area contributed by atoms with E-state index < -0.39 is 17.7 Å². The molecule has 2 rings (SSSR count). The van der Waals surface area contributed by atoms with Gasteiger partial charge in [0.15, 0.2) is 0 Å². The zero-order valence-electron chi connectivity index (χ0n) is 11.3. The highest BCUT2D eigenvalue weighted by atomic mass is 19.1. The summed E-state index contributed by atoms with van der Waals surface area (Å²) >= 11 is 0. The first-order valence-electron chi connectivity index (χ1n) is 6.09. The number of carbonyl (C=O) groups is 2. The van der Waals surface area contributed by atoms with Gasteiger partial charge in [0.2, 0.25) is 5.91 Å². The molecule has 0 saturated carbocycles. The van der Waals surface area contributed by atoms with Gasteiger partial charge in [-0.25, -0.2) is 9.18 Å². The molecule has 0 bridgehead atoms. The predicted octanol–water partition coefficient (Wildman–Crippen LogP) is 1.63. The number of esters is 1. The maximum absolute atomic E-state index is 13.4. The van der Waals surface area contributed by atoms with Gasteiger partial charge in [0.25, 0.3) is 0 Å². The number of benzene rings is 1. The van der Waals surface area contributed by atoms with Crippen molar-refractivity contribution in [3.8, 4) is 0 Å². The highest BCUT2D eigenvalue weighted by Gasteiger charge is 2.16. The summed E-state index contributed by atoms with van der Waals surface area (Å²) in [4.78, 5) is 23.5. The van der Waals surface area contributed by atoms with E-state index in [4.69, 9.17) is 5.73 Å². The van der Waals surface area contributed by atoms with Gasteiger partial charge >= 0.3 is 5.97 Å². The van der Waals surface area contributed by atoms with Gasteiger partial charge in [-0.05, 0) is 18.2 Å². The van der Waals surface area contributed by atoms with Crippen LogP contribution in [-0.4, -0.2) is 23.6 Å². The van der Waals surface area contributed by atoms with Crippen LogP contribution in [0.4, 0.5) is 15.8 Å². The van der Waals surface area contributed by atoms with Crippen molar-refractivity contribution >= 4 is 23.3 Å². The molecule has 6 nitrogen and oxygen atoms in total. The molecule has 0 fully saturated rings. The second-order valence-corrected chi connectivity index (χ2v) is 4.31. The zero-order valence-corrected chi connectivity index (χ0v) is 11.3. The molecule has 3 N–H and O–H groups in total. The molecular formula is C14H14FN3O3. The third kappa shape index (κ3) is 3.38. The Morgan fingerprint density at radius 3 is 2.76 bits per heavy atom. The molecule has 1 heterocycles. The third-order valence-electron chi connectivity index (χ3n) is 2.77. The minimum Gasteiger partial charge on any atom is -0.464 e. The Morgan fingerprint density at radius 1 is 1.38 bits per heavy atom. The highest BCUT2D eigenvalue weighted by molar-refractivity contribution is 5.93. The molecule has 110 valence electrons. The van der Waals surface area contributed by atoms with E-state index in [0.29, 0.717) is 5.69 Å². The van der Waals surface area contributed by atoms with Crippen molar-refractivity contribution in [1.82, 2.24) is 4.57 Å². The van der Waals surface area contributed by atoms with Crippen LogP contribution in [0.15, 0.2) is 36.5 Å². The Morgan fingerprint density at radius 2 is 2.10 bits per heavy atom. The average molecular weight is 291 g/mol. The lowest BCUT2D eigenvalue weighted by Crippen LogP contribution is -2.21. The molecule has 1 amide bonds. The lowest BCUT2D eigenvalue weighted by Gasteiger charge is -2.09. The average Bonchev–Trinajstić information content (AvgIpc) is 2.81. The zero-order chi connectivity index (χ0) is 15.4. The molecule has 0 atom stereocenters. The van der Waals surface area contributed by atoms with Gasteiger partial charge in [0.05, 0.1) is 18.5 Å². The van der Waals surface area contributed by atoms with Crippen molar-refractivity contribution in [2.24, 2.45) is 0 Å². The first-order valence-corrected chi connectivity index (χ1v) is 6.09. The van der Waals surface area contributed by atoms with E-state index in [2.05, 4.69) is 10.1 Å². The number of hydrogen-bond donors (Lipinski definition) is 2. The third-order valence-corrected chi connectivity index (χ3v) is 2.77. The Kier molecular flexibility index (Phi) is 4.22. The number of anilines is 2. The van der Waals surface area contributed by atoms with E-state index in [1.165, 1.54) is 42.1 Å². The second kappa shape index (κ2) is 6.08. The standard InChI is InChI=1S/C14H14FN3O3/c1-21-14(20)12-6-9(16)7-18(12)8-13(19)17-11-5-3-2-4-10(11)15/h2-7H,8,16H2,1H3,(H,17,19). The van der Waals surface area contributed by atoms with Crippen LogP contribution in [0.2, 0.25) is 0 Å².